The predicted molar refractivity (Wildman–Crippen MR) is 122 cm³/mol. The van der Waals surface area contributed by atoms with Crippen LogP contribution in [-0.2, 0) is 4.74 Å². The molecule has 10 atom stereocenters. The van der Waals surface area contributed by atoms with Crippen LogP contribution >= 0.6 is 0 Å². The molecule has 0 bridgehead atoms. The van der Waals surface area contributed by atoms with Gasteiger partial charge in [-0.2, -0.15) is 0 Å². The molecule has 164 valence electrons. The van der Waals surface area contributed by atoms with E-state index in [2.05, 4.69) is 46.8 Å². The van der Waals surface area contributed by atoms with Gasteiger partial charge in [0.15, 0.2) is 0 Å². The Balaban J connectivity index is 1.38. The van der Waals surface area contributed by atoms with Crippen LogP contribution in [0.2, 0.25) is 0 Å². The topological polar surface area (TPSA) is 9.23 Å². The number of methoxy groups -OCH3 is 1. The molecule has 0 saturated heterocycles. The highest BCUT2D eigenvalue weighted by Crippen LogP contribution is 2.82. The molecule has 0 heterocycles. The van der Waals surface area contributed by atoms with Crippen molar-refractivity contribution in [1.29, 1.82) is 0 Å². The van der Waals surface area contributed by atoms with E-state index in [9.17, 15) is 0 Å². The standard InChI is InChI=1S/C28H46O/c1-18(2)8-7-9-19(3)22-10-11-23-21-16-25(29-6)28-17-20(28)12-15-27(28,5)24(21)13-14-26(22,23)4/h7-8,18-25H,9-17H2,1-6H3/b8-7+/t19-,20-,21+,22-,23+,24+,25-,26-,27-,28+/m1/s1. The minimum atomic E-state index is 0.550. The Bertz CT molecular complexity index is 665. The lowest BCUT2D eigenvalue weighted by molar-refractivity contribution is -0.161. The van der Waals surface area contributed by atoms with Gasteiger partial charge in [0.25, 0.3) is 0 Å². The van der Waals surface area contributed by atoms with Gasteiger partial charge in [-0.05, 0) is 110 Å². The first-order chi connectivity index (χ1) is 13.8. The lowest BCUT2D eigenvalue weighted by atomic mass is 9.45. The summed E-state index contributed by atoms with van der Waals surface area (Å²) in [4.78, 5) is 0. The summed E-state index contributed by atoms with van der Waals surface area (Å²) in [6.45, 7) is 12.6. The van der Waals surface area contributed by atoms with Crippen molar-refractivity contribution in [2.24, 2.45) is 57.7 Å². The molecule has 0 radical (unpaired) electrons. The third-order valence-electron chi connectivity index (χ3n) is 11.6. The van der Waals surface area contributed by atoms with Gasteiger partial charge in [0, 0.05) is 12.5 Å². The third-order valence-corrected chi connectivity index (χ3v) is 11.6. The molecule has 0 aromatic heterocycles. The number of hydrogen-bond donors (Lipinski definition) is 0. The fourth-order valence-electron chi connectivity index (χ4n) is 10.3. The van der Waals surface area contributed by atoms with Gasteiger partial charge >= 0.3 is 0 Å². The normalized spacial score (nSPS) is 54.2. The molecule has 5 aliphatic rings. The van der Waals surface area contributed by atoms with Crippen LogP contribution in [0.3, 0.4) is 0 Å². The Morgan fingerprint density at radius 1 is 1.00 bits per heavy atom. The average molecular weight is 399 g/mol. The summed E-state index contributed by atoms with van der Waals surface area (Å²) in [6, 6.07) is 0. The second-order valence-electron chi connectivity index (χ2n) is 12.8. The summed E-state index contributed by atoms with van der Waals surface area (Å²) in [5.74, 6) is 6.30. The molecule has 5 saturated carbocycles. The van der Waals surface area contributed by atoms with Gasteiger partial charge in [0.1, 0.15) is 0 Å². The van der Waals surface area contributed by atoms with Crippen LogP contribution in [0.15, 0.2) is 12.2 Å². The van der Waals surface area contributed by atoms with Gasteiger partial charge in [-0.15, -0.1) is 0 Å². The molecule has 1 nitrogen and oxygen atoms in total. The summed E-state index contributed by atoms with van der Waals surface area (Å²) >= 11 is 0. The zero-order valence-electron chi connectivity index (χ0n) is 20.0. The monoisotopic (exact) mass is 398 g/mol. The number of allylic oxidation sites excluding steroid dienone is 2. The molecule has 0 amide bonds. The smallest absolute Gasteiger partial charge is 0.0638 e. The average Bonchev–Trinajstić information content (AvgIpc) is 3.18. The zero-order chi connectivity index (χ0) is 20.6. The molecule has 0 N–H and O–H groups in total. The van der Waals surface area contributed by atoms with Crippen LogP contribution in [-0.4, -0.2) is 13.2 Å². The lowest BCUT2D eigenvalue weighted by Gasteiger charge is -2.61. The van der Waals surface area contributed by atoms with E-state index in [-0.39, 0.29) is 0 Å². The van der Waals surface area contributed by atoms with Gasteiger partial charge in [-0.1, -0.05) is 46.8 Å². The van der Waals surface area contributed by atoms with E-state index < -0.39 is 0 Å². The maximum absolute atomic E-state index is 6.29. The molecule has 1 heteroatoms. The largest absolute Gasteiger partial charge is 0.381 e. The molecule has 29 heavy (non-hydrogen) atoms. The van der Waals surface area contributed by atoms with Crippen molar-refractivity contribution in [2.75, 3.05) is 7.11 Å². The molecular formula is C28H46O. The Morgan fingerprint density at radius 3 is 2.48 bits per heavy atom. The second kappa shape index (κ2) is 6.85. The summed E-state index contributed by atoms with van der Waals surface area (Å²) in [7, 11) is 2.02. The number of rotatable bonds is 5. The van der Waals surface area contributed by atoms with Gasteiger partial charge in [-0.3, -0.25) is 0 Å². The first kappa shape index (κ1) is 20.6. The Kier molecular flexibility index (Phi) is 4.86. The van der Waals surface area contributed by atoms with E-state index in [1.807, 2.05) is 7.11 Å². The van der Waals surface area contributed by atoms with Crippen LogP contribution < -0.4 is 0 Å². The fraction of sp³-hybridized carbons (Fsp3) is 0.929. The molecule has 0 aromatic rings. The van der Waals surface area contributed by atoms with Crippen molar-refractivity contribution in [2.45, 2.75) is 98.5 Å². The molecule has 5 rings (SSSR count). The van der Waals surface area contributed by atoms with Crippen LogP contribution in [0.25, 0.3) is 0 Å². The van der Waals surface area contributed by atoms with Crippen LogP contribution in [0.4, 0.5) is 0 Å². The van der Waals surface area contributed by atoms with Crippen LogP contribution in [0, 0.1) is 57.7 Å². The highest BCUT2D eigenvalue weighted by molar-refractivity contribution is 5.26. The predicted octanol–water partition coefficient (Wildman–Crippen LogP) is 7.51. The van der Waals surface area contributed by atoms with Gasteiger partial charge < -0.3 is 4.74 Å². The second-order valence-corrected chi connectivity index (χ2v) is 12.8. The van der Waals surface area contributed by atoms with Crippen LogP contribution in [0.5, 0.6) is 0 Å². The minimum absolute atomic E-state index is 0.550. The van der Waals surface area contributed by atoms with E-state index in [0.717, 1.165) is 35.5 Å². The first-order valence-corrected chi connectivity index (χ1v) is 13.0. The maximum atomic E-state index is 6.29. The van der Waals surface area contributed by atoms with E-state index in [0.29, 0.717) is 28.3 Å². The Hall–Kier alpha value is -0.300. The van der Waals surface area contributed by atoms with Gasteiger partial charge in [0.05, 0.1) is 6.10 Å². The zero-order valence-corrected chi connectivity index (χ0v) is 20.0. The van der Waals surface area contributed by atoms with Crippen molar-refractivity contribution in [3.05, 3.63) is 12.2 Å². The van der Waals surface area contributed by atoms with Crippen molar-refractivity contribution in [3.8, 4) is 0 Å². The van der Waals surface area contributed by atoms with Gasteiger partial charge in [0.2, 0.25) is 0 Å². The maximum Gasteiger partial charge on any atom is 0.0638 e. The number of ether oxygens (including phenoxy) is 1. The fourth-order valence-corrected chi connectivity index (χ4v) is 10.3. The van der Waals surface area contributed by atoms with Crippen LogP contribution in [0.1, 0.15) is 92.4 Å². The third kappa shape index (κ3) is 2.68. The number of hydrogen-bond acceptors (Lipinski definition) is 1. The summed E-state index contributed by atoms with van der Waals surface area (Å²) in [6.07, 6.45) is 18.5. The van der Waals surface area contributed by atoms with Crippen molar-refractivity contribution in [1.82, 2.24) is 0 Å². The van der Waals surface area contributed by atoms with Crippen molar-refractivity contribution >= 4 is 0 Å². The molecule has 0 aliphatic heterocycles. The van der Waals surface area contributed by atoms with E-state index in [1.165, 1.54) is 57.8 Å². The van der Waals surface area contributed by atoms with E-state index in [1.54, 1.807) is 0 Å². The molecule has 5 aliphatic carbocycles. The molecule has 0 unspecified atom stereocenters. The molecule has 0 aromatic carbocycles. The highest BCUT2D eigenvalue weighted by Gasteiger charge is 2.77. The van der Waals surface area contributed by atoms with E-state index in [4.69, 9.17) is 4.74 Å². The summed E-state index contributed by atoms with van der Waals surface area (Å²) in [5.41, 5.74) is 1.73. The molecule has 5 fully saturated rings. The minimum Gasteiger partial charge on any atom is -0.381 e. The first-order valence-electron chi connectivity index (χ1n) is 13.0. The molecular weight excluding hydrogens is 352 g/mol. The molecule has 1 spiro atoms. The lowest BCUT2D eigenvalue weighted by Crippen LogP contribution is -2.57. The van der Waals surface area contributed by atoms with Gasteiger partial charge in [-0.25, -0.2) is 0 Å². The van der Waals surface area contributed by atoms with Crippen molar-refractivity contribution < 1.29 is 4.74 Å². The Labute approximate surface area is 180 Å². The summed E-state index contributed by atoms with van der Waals surface area (Å²) < 4.78 is 6.29. The quantitative estimate of drug-likeness (QED) is 0.435. The SMILES string of the molecule is CO[C@@H]1C[C@H]2[C@@H]3CC[C@H]([C@H](C)C/C=C/C(C)C)[C@@]3(C)CC[C@@H]2[C@@]2(C)CC[C@@H]3C[C@]312. The number of fused-ring (bicyclic) bond motifs is 4. The highest BCUT2D eigenvalue weighted by atomic mass is 16.5. The van der Waals surface area contributed by atoms with Crippen molar-refractivity contribution in [3.63, 3.8) is 0 Å². The summed E-state index contributed by atoms with van der Waals surface area (Å²) in [5, 5.41) is 0. The van der Waals surface area contributed by atoms with E-state index >= 15 is 0 Å². The Morgan fingerprint density at radius 2 is 1.79 bits per heavy atom.